The number of halogens is 1. The maximum Gasteiger partial charge on any atom is 0.261 e. The molecule has 7 nitrogen and oxygen atoms in total. The molecule has 33 heavy (non-hydrogen) atoms. The molecule has 3 aromatic rings. The number of carbonyl (C=O) groups excluding carboxylic acids is 1. The van der Waals surface area contributed by atoms with Crippen LogP contribution in [0.15, 0.2) is 60.0 Å². The molecule has 2 aromatic heterocycles. The predicted octanol–water partition coefficient (Wildman–Crippen LogP) is 3.36. The maximum absolute atomic E-state index is 13.5. The summed E-state index contributed by atoms with van der Waals surface area (Å²) < 4.78 is 19.8. The molecule has 1 amide bonds. The molecule has 0 saturated carbocycles. The fourth-order valence-corrected chi connectivity index (χ4v) is 4.76. The number of nitrogens with two attached hydrogens (primary N) is 1. The van der Waals surface area contributed by atoms with Gasteiger partial charge in [0.1, 0.15) is 17.2 Å². The summed E-state index contributed by atoms with van der Waals surface area (Å²) in [5.41, 5.74) is 8.12. The second kappa shape index (κ2) is 7.37. The zero-order valence-electron chi connectivity index (χ0n) is 18.7. The molecule has 0 aliphatic carbocycles. The number of aryl methyl sites for hydroxylation is 1. The molecule has 0 fully saturated rings. The zero-order valence-corrected chi connectivity index (χ0v) is 18.7. The second-order valence-electron chi connectivity index (χ2n) is 9.04. The van der Waals surface area contributed by atoms with E-state index in [0.29, 0.717) is 23.4 Å². The number of amides is 1. The number of nitrogens with zero attached hydrogens (tertiary/aromatic N) is 4. The Morgan fingerprint density at radius 1 is 1.18 bits per heavy atom. The standard InChI is InChI=1S/C25H24FN5O2/c1-15-8-17(12-28-11-15)20-9-19-21(13-29-20)33-24(2,10-16-4-6-18(26)7-5-16)14-25(19)22(32)31(3)23(27)30-25/h4-9,11-13H,10,14H2,1-3H3,(H2,27,30)/t24-,25?/m1/s1. The molecule has 2 aliphatic rings. The van der Waals surface area contributed by atoms with Gasteiger partial charge < -0.3 is 10.5 Å². The van der Waals surface area contributed by atoms with E-state index in [1.54, 1.807) is 37.8 Å². The highest BCUT2D eigenvalue weighted by atomic mass is 19.1. The Bertz CT molecular complexity index is 1290. The van der Waals surface area contributed by atoms with E-state index < -0.39 is 11.1 Å². The van der Waals surface area contributed by atoms with Crippen LogP contribution >= 0.6 is 0 Å². The smallest absolute Gasteiger partial charge is 0.261 e. The number of carbonyl (C=O) groups is 1. The lowest BCUT2D eigenvalue weighted by molar-refractivity contribution is -0.133. The number of aromatic nitrogens is 2. The van der Waals surface area contributed by atoms with Crippen molar-refractivity contribution >= 4 is 11.9 Å². The SMILES string of the molecule is Cc1cncc(-c2cc3c(cn2)O[C@](C)(Cc2ccc(F)cc2)CC32N=C(N)N(C)C2=O)c1. The average molecular weight is 445 g/mol. The Labute approximate surface area is 191 Å². The molecular formula is C25H24FN5O2. The van der Waals surface area contributed by atoms with Crippen LogP contribution in [0.25, 0.3) is 11.3 Å². The van der Waals surface area contributed by atoms with Crippen LogP contribution in [0, 0.1) is 12.7 Å². The number of fused-ring (bicyclic) bond motifs is 2. The minimum absolute atomic E-state index is 0.160. The summed E-state index contributed by atoms with van der Waals surface area (Å²) >= 11 is 0. The summed E-state index contributed by atoms with van der Waals surface area (Å²) in [6, 6.07) is 10.1. The third kappa shape index (κ3) is 3.51. The molecule has 168 valence electrons. The van der Waals surface area contributed by atoms with Crippen molar-refractivity contribution in [2.75, 3.05) is 7.05 Å². The number of hydrogen-bond acceptors (Lipinski definition) is 6. The molecule has 1 unspecified atom stereocenters. The Morgan fingerprint density at radius 3 is 2.61 bits per heavy atom. The van der Waals surface area contributed by atoms with Gasteiger partial charge in [-0.3, -0.25) is 19.7 Å². The van der Waals surface area contributed by atoms with Gasteiger partial charge in [0.05, 0.1) is 11.9 Å². The van der Waals surface area contributed by atoms with E-state index in [4.69, 9.17) is 10.5 Å². The topological polar surface area (TPSA) is 93.7 Å². The molecule has 2 atom stereocenters. The highest BCUT2D eigenvalue weighted by Gasteiger charge is 2.56. The Hall–Kier alpha value is -3.81. The number of likely N-dealkylation sites (N-methyl/N-ethyl adjacent to an activating group) is 1. The Morgan fingerprint density at radius 2 is 1.94 bits per heavy atom. The minimum atomic E-state index is -1.23. The monoisotopic (exact) mass is 445 g/mol. The molecule has 1 aromatic carbocycles. The second-order valence-corrected chi connectivity index (χ2v) is 9.04. The quantitative estimate of drug-likeness (QED) is 0.667. The van der Waals surface area contributed by atoms with Gasteiger partial charge in [-0.15, -0.1) is 0 Å². The largest absolute Gasteiger partial charge is 0.485 e. The normalized spacial score (nSPS) is 23.9. The summed E-state index contributed by atoms with van der Waals surface area (Å²) in [6.45, 7) is 3.89. The van der Waals surface area contributed by atoms with E-state index in [-0.39, 0.29) is 24.1 Å². The first-order chi connectivity index (χ1) is 15.7. The van der Waals surface area contributed by atoms with E-state index in [2.05, 4.69) is 15.0 Å². The molecular weight excluding hydrogens is 421 g/mol. The van der Waals surface area contributed by atoms with Crippen LogP contribution in [0.5, 0.6) is 5.75 Å². The maximum atomic E-state index is 13.5. The Balaban J connectivity index is 1.63. The Kier molecular flexibility index (Phi) is 4.70. The highest BCUT2D eigenvalue weighted by molar-refractivity contribution is 6.07. The molecule has 5 rings (SSSR count). The van der Waals surface area contributed by atoms with Gasteiger partial charge in [-0.1, -0.05) is 12.1 Å². The predicted molar refractivity (Wildman–Crippen MR) is 122 cm³/mol. The van der Waals surface area contributed by atoms with Gasteiger partial charge in [0, 0.05) is 43.4 Å². The van der Waals surface area contributed by atoms with Gasteiger partial charge in [0.2, 0.25) is 0 Å². The van der Waals surface area contributed by atoms with Crippen LogP contribution in [0.3, 0.4) is 0 Å². The van der Waals surface area contributed by atoms with Crippen molar-refractivity contribution < 1.29 is 13.9 Å². The number of ether oxygens (including phenoxy) is 1. The third-order valence-electron chi connectivity index (χ3n) is 6.27. The third-order valence-corrected chi connectivity index (χ3v) is 6.27. The molecule has 2 aliphatic heterocycles. The van der Waals surface area contributed by atoms with Crippen LogP contribution in [0.2, 0.25) is 0 Å². The molecule has 4 heterocycles. The van der Waals surface area contributed by atoms with E-state index in [9.17, 15) is 9.18 Å². The first kappa shape index (κ1) is 21.1. The molecule has 0 bridgehead atoms. The molecule has 0 radical (unpaired) electrons. The van der Waals surface area contributed by atoms with Gasteiger partial charge in [-0.05, 0) is 49.2 Å². The number of pyridine rings is 2. The van der Waals surface area contributed by atoms with Crippen molar-refractivity contribution in [2.45, 2.75) is 37.8 Å². The fourth-order valence-electron chi connectivity index (χ4n) is 4.76. The van der Waals surface area contributed by atoms with Crippen LogP contribution in [0.1, 0.15) is 30.0 Å². The summed E-state index contributed by atoms with van der Waals surface area (Å²) in [4.78, 5) is 28.4. The van der Waals surface area contributed by atoms with E-state index in [1.165, 1.54) is 17.0 Å². The number of hydrogen-bond donors (Lipinski definition) is 1. The number of guanidine groups is 1. The van der Waals surface area contributed by atoms with Gasteiger partial charge >= 0.3 is 0 Å². The average Bonchev–Trinajstić information content (AvgIpc) is 2.99. The van der Waals surface area contributed by atoms with Crippen LogP contribution in [0.4, 0.5) is 4.39 Å². The zero-order chi connectivity index (χ0) is 23.4. The van der Waals surface area contributed by atoms with E-state index in [1.807, 2.05) is 26.0 Å². The molecule has 0 saturated heterocycles. The van der Waals surface area contributed by atoms with E-state index in [0.717, 1.165) is 16.7 Å². The van der Waals surface area contributed by atoms with Crippen LogP contribution in [-0.4, -0.2) is 39.4 Å². The van der Waals surface area contributed by atoms with Crippen molar-refractivity contribution in [3.05, 3.63) is 77.5 Å². The minimum Gasteiger partial charge on any atom is -0.485 e. The van der Waals surface area contributed by atoms with Gasteiger partial charge in [-0.2, -0.15) is 0 Å². The first-order valence-electron chi connectivity index (χ1n) is 10.7. The lowest BCUT2D eigenvalue weighted by atomic mass is 9.75. The molecule has 8 heteroatoms. The summed E-state index contributed by atoms with van der Waals surface area (Å²) in [5.74, 6) is 0.125. The summed E-state index contributed by atoms with van der Waals surface area (Å²) in [6.07, 6.45) is 5.88. The highest BCUT2D eigenvalue weighted by Crippen LogP contribution is 2.50. The van der Waals surface area contributed by atoms with Crippen LogP contribution in [-0.2, 0) is 16.8 Å². The van der Waals surface area contributed by atoms with Gasteiger partial charge in [0.25, 0.3) is 5.91 Å². The van der Waals surface area contributed by atoms with Crippen molar-refractivity contribution in [3.8, 4) is 17.0 Å². The molecule has 1 spiro atoms. The lowest BCUT2D eigenvalue weighted by Gasteiger charge is -2.43. The van der Waals surface area contributed by atoms with Crippen molar-refractivity contribution in [1.29, 1.82) is 0 Å². The number of aliphatic imine (C=N–C) groups is 1. The van der Waals surface area contributed by atoms with Crippen molar-refractivity contribution in [2.24, 2.45) is 10.7 Å². The van der Waals surface area contributed by atoms with Crippen LogP contribution < -0.4 is 10.5 Å². The van der Waals surface area contributed by atoms with Crippen molar-refractivity contribution in [1.82, 2.24) is 14.9 Å². The van der Waals surface area contributed by atoms with Gasteiger partial charge in [0.15, 0.2) is 11.5 Å². The number of rotatable bonds is 3. The van der Waals surface area contributed by atoms with Crippen molar-refractivity contribution in [3.63, 3.8) is 0 Å². The van der Waals surface area contributed by atoms with Gasteiger partial charge in [-0.25, -0.2) is 9.38 Å². The van der Waals surface area contributed by atoms with E-state index >= 15 is 0 Å². The molecule has 2 N–H and O–H groups in total. The fraction of sp³-hybridized carbons (Fsp3) is 0.280. The summed E-state index contributed by atoms with van der Waals surface area (Å²) in [5, 5.41) is 0. The lowest BCUT2D eigenvalue weighted by Crippen LogP contribution is -2.51. The first-order valence-corrected chi connectivity index (χ1v) is 10.7. The summed E-state index contributed by atoms with van der Waals surface area (Å²) in [7, 11) is 1.62. The number of benzene rings is 1.